The highest BCUT2D eigenvalue weighted by atomic mass is 127. The minimum atomic E-state index is 0.180. The van der Waals surface area contributed by atoms with Gasteiger partial charge in [0, 0.05) is 8.59 Å². The molecule has 106 valence electrons. The van der Waals surface area contributed by atoms with Gasteiger partial charge in [0.05, 0.1) is 4.83 Å². The lowest BCUT2D eigenvalue weighted by Gasteiger charge is -2.15. The minimum Gasteiger partial charge on any atom is -0.0843 e. The maximum atomic E-state index is 6.11. The molecule has 2 atom stereocenters. The fourth-order valence-corrected chi connectivity index (χ4v) is 4.06. The van der Waals surface area contributed by atoms with E-state index in [0.29, 0.717) is 5.92 Å². The molecule has 0 spiro atoms. The summed E-state index contributed by atoms with van der Waals surface area (Å²) in [5, 5.41) is 0.779. The van der Waals surface area contributed by atoms with Crippen molar-refractivity contribution < 1.29 is 0 Å². The van der Waals surface area contributed by atoms with Crippen molar-refractivity contribution in [3.8, 4) is 0 Å². The summed E-state index contributed by atoms with van der Waals surface area (Å²) in [5.41, 5.74) is 3.88. The van der Waals surface area contributed by atoms with Gasteiger partial charge < -0.3 is 0 Å². The van der Waals surface area contributed by atoms with Crippen molar-refractivity contribution in [3.63, 3.8) is 0 Å². The number of benzene rings is 2. The normalized spacial score (nSPS) is 14.1. The molecule has 2 aromatic carbocycles. The summed E-state index contributed by atoms with van der Waals surface area (Å²) in [6, 6.07) is 14.9. The predicted molar refractivity (Wildman–Crippen MR) is 100 cm³/mol. The van der Waals surface area contributed by atoms with Gasteiger partial charge in [0.25, 0.3) is 0 Å². The van der Waals surface area contributed by atoms with Crippen LogP contribution in [0.25, 0.3) is 0 Å². The SMILES string of the molecule is CCC(C)c1ccc(C(Br)c2cc(Cl)ccc2I)cc1. The molecule has 0 bridgehead atoms. The van der Waals surface area contributed by atoms with Crippen molar-refractivity contribution in [2.24, 2.45) is 0 Å². The molecule has 20 heavy (non-hydrogen) atoms. The number of halogens is 3. The molecular weight excluding hydrogens is 446 g/mol. The highest BCUT2D eigenvalue weighted by molar-refractivity contribution is 14.1. The third kappa shape index (κ3) is 3.77. The zero-order valence-corrected chi connectivity index (χ0v) is 16.0. The summed E-state index contributed by atoms with van der Waals surface area (Å²) in [4.78, 5) is 0.180. The van der Waals surface area contributed by atoms with Gasteiger partial charge in [-0.1, -0.05) is 65.6 Å². The van der Waals surface area contributed by atoms with Gasteiger partial charge >= 0.3 is 0 Å². The van der Waals surface area contributed by atoms with Gasteiger partial charge in [0.15, 0.2) is 0 Å². The van der Waals surface area contributed by atoms with Crippen LogP contribution >= 0.6 is 50.1 Å². The molecule has 0 N–H and O–H groups in total. The lowest BCUT2D eigenvalue weighted by Crippen LogP contribution is -1.97. The van der Waals surface area contributed by atoms with Gasteiger partial charge in [-0.2, -0.15) is 0 Å². The van der Waals surface area contributed by atoms with Crippen LogP contribution in [0.1, 0.15) is 47.7 Å². The second-order valence-corrected chi connectivity index (χ2v) is 7.52. The van der Waals surface area contributed by atoms with Crippen molar-refractivity contribution in [2.75, 3.05) is 0 Å². The van der Waals surface area contributed by atoms with Crippen molar-refractivity contribution in [1.82, 2.24) is 0 Å². The molecule has 0 amide bonds. The van der Waals surface area contributed by atoms with Crippen molar-refractivity contribution in [1.29, 1.82) is 0 Å². The zero-order chi connectivity index (χ0) is 14.7. The third-order valence-corrected chi connectivity index (χ3v) is 5.88. The summed E-state index contributed by atoms with van der Waals surface area (Å²) in [7, 11) is 0. The fraction of sp³-hybridized carbons (Fsp3) is 0.294. The van der Waals surface area contributed by atoms with Gasteiger partial charge in [-0.15, -0.1) is 0 Å². The van der Waals surface area contributed by atoms with Gasteiger partial charge in [-0.05, 0) is 69.8 Å². The van der Waals surface area contributed by atoms with E-state index in [1.54, 1.807) is 0 Å². The van der Waals surface area contributed by atoms with Gasteiger partial charge in [-0.3, -0.25) is 0 Å². The minimum absolute atomic E-state index is 0.180. The van der Waals surface area contributed by atoms with E-state index in [0.717, 1.165) is 5.02 Å². The number of hydrogen-bond acceptors (Lipinski definition) is 0. The molecule has 3 heteroatoms. The number of alkyl halides is 1. The molecule has 2 rings (SSSR count). The van der Waals surface area contributed by atoms with Crippen molar-refractivity contribution in [2.45, 2.75) is 31.0 Å². The molecule has 0 nitrogen and oxygen atoms in total. The van der Waals surface area contributed by atoms with Crippen LogP contribution in [-0.4, -0.2) is 0 Å². The molecule has 0 saturated carbocycles. The quantitative estimate of drug-likeness (QED) is 0.340. The Hall–Kier alpha value is -0.0600. The standard InChI is InChI=1S/C17H17BrClI/c1-3-11(2)12-4-6-13(7-5-12)17(18)15-10-14(19)8-9-16(15)20/h4-11,17H,3H2,1-2H3. The van der Waals surface area contributed by atoms with Crippen LogP contribution in [0.5, 0.6) is 0 Å². The largest absolute Gasteiger partial charge is 0.0843 e. The first-order chi connectivity index (χ1) is 9.52. The predicted octanol–water partition coefficient (Wildman–Crippen LogP) is 6.94. The average molecular weight is 464 g/mol. The van der Waals surface area contributed by atoms with Crippen LogP contribution in [0.3, 0.4) is 0 Å². The molecule has 2 aromatic rings. The second kappa shape index (κ2) is 7.28. The molecular formula is C17H17BrClI. The molecule has 2 unspecified atom stereocenters. The zero-order valence-electron chi connectivity index (χ0n) is 11.5. The van der Waals surface area contributed by atoms with E-state index in [-0.39, 0.29) is 4.83 Å². The van der Waals surface area contributed by atoms with Crippen LogP contribution in [0, 0.1) is 3.57 Å². The summed E-state index contributed by atoms with van der Waals surface area (Å²) in [5.74, 6) is 0.615. The Kier molecular flexibility index (Phi) is 5.94. The van der Waals surface area contributed by atoms with E-state index in [2.05, 4.69) is 82.7 Å². The smallest absolute Gasteiger partial charge is 0.0655 e. The maximum Gasteiger partial charge on any atom is 0.0655 e. The topological polar surface area (TPSA) is 0 Å². The highest BCUT2D eigenvalue weighted by Gasteiger charge is 2.14. The van der Waals surface area contributed by atoms with Crippen LogP contribution in [-0.2, 0) is 0 Å². The van der Waals surface area contributed by atoms with E-state index < -0.39 is 0 Å². The molecule has 0 fully saturated rings. The molecule has 0 saturated heterocycles. The Labute approximate surface area is 148 Å². The van der Waals surface area contributed by atoms with Crippen LogP contribution in [0.4, 0.5) is 0 Å². The Morgan fingerprint density at radius 3 is 2.30 bits per heavy atom. The van der Waals surface area contributed by atoms with Crippen LogP contribution in [0.15, 0.2) is 42.5 Å². The summed E-state index contributed by atoms with van der Waals surface area (Å²) in [6.07, 6.45) is 1.17. The first-order valence-corrected chi connectivity index (χ1v) is 9.09. The van der Waals surface area contributed by atoms with E-state index in [9.17, 15) is 0 Å². The van der Waals surface area contributed by atoms with E-state index in [4.69, 9.17) is 11.6 Å². The first kappa shape index (κ1) is 16.3. The highest BCUT2D eigenvalue weighted by Crippen LogP contribution is 2.35. The van der Waals surface area contributed by atoms with E-state index in [1.165, 1.54) is 26.7 Å². The maximum absolute atomic E-state index is 6.11. The van der Waals surface area contributed by atoms with Gasteiger partial charge in [0.1, 0.15) is 0 Å². The van der Waals surface area contributed by atoms with E-state index >= 15 is 0 Å². The van der Waals surface area contributed by atoms with E-state index in [1.807, 2.05) is 12.1 Å². The molecule has 0 heterocycles. The molecule has 0 aliphatic carbocycles. The van der Waals surface area contributed by atoms with Gasteiger partial charge in [0.2, 0.25) is 0 Å². The van der Waals surface area contributed by atoms with Gasteiger partial charge in [-0.25, -0.2) is 0 Å². The fourth-order valence-electron chi connectivity index (χ4n) is 2.12. The average Bonchev–Trinajstić information content (AvgIpc) is 2.48. The Balaban J connectivity index is 2.29. The summed E-state index contributed by atoms with van der Waals surface area (Å²) < 4.78 is 1.22. The molecule has 0 aliphatic rings. The van der Waals surface area contributed by atoms with Crippen molar-refractivity contribution in [3.05, 3.63) is 67.7 Å². The van der Waals surface area contributed by atoms with Crippen LogP contribution < -0.4 is 0 Å². The Morgan fingerprint density at radius 2 is 1.70 bits per heavy atom. The lowest BCUT2D eigenvalue weighted by atomic mass is 9.96. The Bertz CT molecular complexity index is 580. The number of hydrogen-bond donors (Lipinski definition) is 0. The van der Waals surface area contributed by atoms with Crippen molar-refractivity contribution >= 4 is 50.1 Å². The third-order valence-electron chi connectivity index (χ3n) is 3.64. The molecule has 0 aliphatic heterocycles. The summed E-state index contributed by atoms with van der Waals surface area (Å²) >= 11 is 12.3. The monoisotopic (exact) mass is 462 g/mol. The molecule has 0 radical (unpaired) electrons. The second-order valence-electron chi connectivity index (χ2n) is 5.00. The van der Waals surface area contributed by atoms with Crippen LogP contribution in [0.2, 0.25) is 5.02 Å². The first-order valence-electron chi connectivity index (χ1n) is 6.71. The Morgan fingerprint density at radius 1 is 1.10 bits per heavy atom. The molecule has 0 aromatic heterocycles. The summed E-state index contributed by atoms with van der Waals surface area (Å²) in [6.45, 7) is 4.49. The number of rotatable bonds is 4. The lowest BCUT2D eigenvalue weighted by molar-refractivity contribution is 0.733.